The Bertz CT molecular complexity index is 212. The van der Waals surface area contributed by atoms with E-state index in [9.17, 15) is 4.79 Å². The molecule has 0 aromatic heterocycles. The zero-order chi connectivity index (χ0) is 13.3. The van der Waals surface area contributed by atoms with E-state index in [1.807, 2.05) is 20.8 Å². The van der Waals surface area contributed by atoms with Crippen molar-refractivity contribution in [2.24, 2.45) is 5.73 Å². The summed E-state index contributed by atoms with van der Waals surface area (Å²) in [6, 6.07) is -0.143. The summed E-state index contributed by atoms with van der Waals surface area (Å²) in [4.78, 5) is 11.6. The maximum Gasteiger partial charge on any atom is 0.306 e. The van der Waals surface area contributed by atoms with Crippen molar-refractivity contribution in [3.8, 4) is 0 Å². The summed E-state index contributed by atoms with van der Waals surface area (Å²) >= 11 is 0. The van der Waals surface area contributed by atoms with Gasteiger partial charge in [-0.2, -0.15) is 0 Å². The predicted molar refractivity (Wildman–Crippen MR) is 71.8 cm³/mol. The molecule has 1 unspecified atom stereocenters. The summed E-state index contributed by atoms with van der Waals surface area (Å²) in [5, 5.41) is 0. The molecule has 102 valence electrons. The second-order valence-corrected chi connectivity index (χ2v) is 5.38. The van der Waals surface area contributed by atoms with Crippen LogP contribution < -0.4 is 5.73 Å². The molecule has 0 heterocycles. The minimum atomic E-state index is -0.556. The van der Waals surface area contributed by atoms with Gasteiger partial charge in [-0.1, -0.05) is 39.0 Å². The van der Waals surface area contributed by atoms with Crippen molar-refractivity contribution in [3.63, 3.8) is 0 Å². The first-order valence-corrected chi connectivity index (χ1v) is 6.87. The topological polar surface area (TPSA) is 52.3 Å². The van der Waals surface area contributed by atoms with Crippen LogP contribution in [0.2, 0.25) is 0 Å². The minimum Gasteiger partial charge on any atom is -0.458 e. The second-order valence-electron chi connectivity index (χ2n) is 5.38. The van der Waals surface area contributed by atoms with Crippen LogP contribution in [0, 0.1) is 0 Å². The quantitative estimate of drug-likeness (QED) is 0.499. The van der Waals surface area contributed by atoms with Crippen molar-refractivity contribution in [1.82, 2.24) is 0 Å². The number of hydrogen-bond acceptors (Lipinski definition) is 3. The molecule has 0 rings (SSSR count). The Morgan fingerprint density at radius 2 is 1.71 bits per heavy atom. The molecule has 0 saturated heterocycles. The van der Waals surface area contributed by atoms with Gasteiger partial charge in [-0.3, -0.25) is 4.79 Å². The van der Waals surface area contributed by atoms with Gasteiger partial charge in [0.2, 0.25) is 0 Å². The van der Waals surface area contributed by atoms with Gasteiger partial charge in [-0.05, 0) is 27.2 Å². The van der Waals surface area contributed by atoms with E-state index in [0.717, 1.165) is 12.8 Å². The summed E-state index contributed by atoms with van der Waals surface area (Å²) < 4.78 is 5.36. The molecule has 0 aromatic carbocycles. The highest BCUT2D eigenvalue weighted by atomic mass is 16.6. The summed E-state index contributed by atoms with van der Waals surface area (Å²) in [5.74, 6) is -0.122. The molecule has 0 amide bonds. The van der Waals surface area contributed by atoms with E-state index >= 15 is 0 Å². The van der Waals surface area contributed by atoms with Crippen LogP contribution in [0.1, 0.15) is 72.6 Å². The van der Waals surface area contributed by atoms with Crippen molar-refractivity contribution in [3.05, 3.63) is 0 Å². The van der Waals surface area contributed by atoms with Gasteiger partial charge in [-0.15, -0.1) is 0 Å². The summed E-state index contributed by atoms with van der Waals surface area (Å²) in [6.45, 7) is 7.78. The van der Waals surface area contributed by atoms with E-state index < -0.39 is 5.60 Å². The molecule has 0 aromatic rings. The smallest absolute Gasteiger partial charge is 0.306 e. The highest BCUT2D eigenvalue weighted by molar-refractivity contribution is 5.69. The molecule has 0 aliphatic rings. The first-order chi connectivity index (χ1) is 7.90. The van der Waals surface area contributed by atoms with Crippen LogP contribution in [-0.4, -0.2) is 17.6 Å². The summed E-state index contributed by atoms with van der Waals surface area (Å²) in [6.07, 6.45) is 7.61. The fourth-order valence-electron chi connectivity index (χ4n) is 1.49. The van der Waals surface area contributed by atoms with Gasteiger partial charge in [0.05, 0.1) is 0 Å². The van der Waals surface area contributed by atoms with Crippen LogP contribution >= 0.6 is 0 Å². The molecule has 3 nitrogen and oxygen atoms in total. The standard InChI is InChI=1S/C14H29NO2/c1-5-6-7-8-9-10-11-13(16)17-14(3,4)12(2)15/h12H,5-11,15H2,1-4H3. The van der Waals surface area contributed by atoms with E-state index in [1.165, 1.54) is 25.7 Å². The van der Waals surface area contributed by atoms with E-state index in [1.54, 1.807) is 0 Å². The van der Waals surface area contributed by atoms with Crippen LogP contribution in [-0.2, 0) is 9.53 Å². The Hall–Kier alpha value is -0.570. The number of unbranched alkanes of at least 4 members (excludes halogenated alkanes) is 5. The van der Waals surface area contributed by atoms with Gasteiger partial charge in [0.15, 0.2) is 0 Å². The van der Waals surface area contributed by atoms with Gasteiger partial charge >= 0.3 is 5.97 Å². The van der Waals surface area contributed by atoms with E-state index in [4.69, 9.17) is 10.5 Å². The maximum atomic E-state index is 11.6. The van der Waals surface area contributed by atoms with Gasteiger partial charge in [0.1, 0.15) is 5.60 Å². The molecule has 0 fully saturated rings. The van der Waals surface area contributed by atoms with Crippen molar-refractivity contribution in [2.75, 3.05) is 0 Å². The van der Waals surface area contributed by atoms with Crippen LogP contribution in [0.15, 0.2) is 0 Å². The molecule has 0 aliphatic heterocycles. The number of hydrogen-bond donors (Lipinski definition) is 1. The van der Waals surface area contributed by atoms with Crippen LogP contribution in [0.4, 0.5) is 0 Å². The van der Waals surface area contributed by atoms with Gasteiger partial charge < -0.3 is 10.5 Å². The second kappa shape index (κ2) is 8.51. The molecule has 0 bridgehead atoms. The molecular formula is C14H29NO2. The largest absolute Gasteiger partial charge is 0.458 e. The Balaban J connectivity index is 3.60. The highest BCUT2D eigenvalue weighted by Gasteiger charge is 2.26. The van der Waals surface area contributed by atoms with Gasteiger partial charge in [0.25, 0.3) is 0 Å². The van der Waals surface area contributed by atoms with Gasteiger partial charge in [-0.25, -0.2) is 0 Å². The van der Waals surface area contributed by atoms with Crippen LogP contribution in [0.5, 0.6) is 0 Å². The average Bonchev–Trinajstić information content (AvgIpc) is 2.22. The third-order valence-corrected chi connectivity index (χ3v) is 3.21. The fourth-order valence-corrected chi connectivity index (χ4v) is 1.49. The lowest BCUT2D eigenvalue weighted by Gasteiger charge is -2.28. The molecule has 0 saturated carbocycles. The van der Waals surface area contributed by atoms with Crippen LogP contribution in [0.3, 0.4) is 0 Å². The van der Waals surface area contributed by atoms with Crippen molar-refractivity contribution < 1.29 is 9.53 Å². The molecular weight excluding hydrogens is 214 g/mol. The number of ether oxygens (including phenoxy) is 1. The molecule has 2 N–H and O–H groups in total. The van der Waals surface area contributed by atoms with Crippen molar-refractivity contribution in [1.29, 1.82) is 0 Å². The lowest BCUT2D eigenvalue weighted by molar-refractivity contribution is -0.158. The van der Waals surface area contributed by atoms with E-state index in [2.05, 4.69) is 6.92 Å². The normalized spacial score (nSPS) is 13.5. The van der Waals surface area contributed by atoms with E-state index in [0.29, 0.717) is 6.42 Å². The predicted octanol–water partition coefficient (Wildman–Crippen LogP) is 3.41. The van der Waals surface area contributed by atoms with Crippen molar-refractivity contribution >= 4 is 5.97 Å². The molecule has 1 atom stereocenters. The number of rotatable bonds is 9. The average molecular weight is 243 g/mol. The zero-order valence-electron chi connectivity index (χ0n) is 11.9. The number of esters is 1. The van der Waals surface area contributed by atoms with E-state index in [-0.39, 0.29) is 12.0 Å². The lowest BCUT2D eigenvalue weighted by Crippen LogP contribution is -2.44. The SMILES string of the molecule is CCCCCCCCC(=O)OC(C)(C)C(C)N. The Morgan fingerprint density at radius 1 is 1.18 bits per heavy atom. The van der Waals surface area contributed by atoms with Crippen molar-refractivity contribution in [2.45, 2.75) is 84.3 Å². The fraction of sp³-hybridized carbons (Fsp3) is 0.929. The Kier molecular flexibility index (Phi) is 8.23. The molecule has 0 radical (unpaired) electrons. The first-order valence-electron chi connectivity index (χ1n) is 6.87. The van der Waals surface area contributed by atoms with Gasteiger partial charge in [0, 0.05) is 12.5 Å². The lowest BCUT2D eigenvalue weighted by atomic mass is 10.0. The monoisotopic (exact) mass is 243 g/mol. The van der Waals surface area contributed by atoms with Crippen LogP contribution in [0.25, 0.3) is 0 Å². The number of carbonyl (C=O) groups is 1. The Labute approximate surface area is 106 Å². The number of nitrogens with two attached hydrogens (primary N) is 1. The summed E-state index contributed by atoms with van der Waals surface area (Å²) in [5.41, 5.74) is 5.19. The maximum absolute atomic E-state index is 11.6. The molecule has 17 heavy (non-hydrogen) atoms. The Morgan fingerprint density at radius 3 is 2.24 bits per heavy atom. The molecule has 3 heteroatoms. The third kappa shape index (κ3) is 8.19. The molecule has 0 spiro atoms. The third-order valence-electron chi connectivity index (χ3n) is 3.21. The zero-order valence-corrected chi connectivity index (χ0v) is 11.9. The minimum absolute atomic E-state index is 0.122. The molecule has 0 aliphatic carbocycles. The number of carbonyl (C=O) groups excluding carboxylic acids is 1. The summed E-state index contributed by atoms with van der Waals surface area (Å²) in [7, 11) is 0. The highest BCUT2D eigenvalue weighted by Crippen LogP contribution is 2.15. The first kappa shape index (κ1) is 16.4.